The Kier molecular flexibility index (Phi) is 6.91. The van der Waals surface area contributed by atoms with Crippen molar-refractivity contribution < 1.29 is 13.9 Å². The second-order valence-corrected chi connectivity index (χ2v) is 8.32. The minimum absolute atomic E-state index is 0.0142. The van der Waals surface area contributed by atoms with Gasteiger partial charge in [-0.15, -0.1) is 10.2 Å². The van der Waals surface area contributed by atoms with E-state index >= 15 is 0 Å². The Balaban J connectivity index is 2.19. The first-order valence-corrected chi connectivity index (χ1v) is 10.9. The van der Waals surface area contributed by atoms with E-state index in [2.05, 4.69) is 15.2 Å². The molecule has 5 nitrogen and oxygen atoms in total. The van der Waals surface area contributed by atoms with Crippen molar-refractivity contribution in [3.8, 4) is 45.1 Å². The topological polar surface area (TPSA) is 57.1 Å². The van der Waals surface area contributed by atoms with Crippen molar-refractivity contribution in [1.82, 2.24) is 15.2 Å². The van der Waals surface area contributed by atoms with Crippen LogP contribution in [0.4, 0.5) is 4.39 Å². The van der Waals surface area contributed by atoms with Crippen LogP contribution in [0.2, 0.25) is 20.2 Å². The molecule has 0 radical (unpaired) electrons. The highest BCUT2D eigenvalue weighted by Crippen LogP contribution is 2.48. The summed E-state index contributed by atoms with van der Waals surface area (Å²) in [7, 11) is 2.97. The van der Waals surface area contributed by atoms with Gasteiger partial charge in [-0.2, -0.15) is 0 Å². The summed E-state index contributed by atoms with van der Waals surface area (Å²) in [4.78, 5) is 4.35. The fourth-order valence-electron chi connectivity index (χ4n) is 3.35. The lowest BCUT2D eigenvalue weighted by Gasteiger charge is -2.19. The van der Waals surface area contributed by atoms with Crippen molar-refractivity contribution in [1.29, 1.82) is 0 Å². The van der Waals surface area contributed by atoms with Crippen molar-refractivity contribution in [2.24, 2.45) is 0 Å². The third-order valence-electron chi connectivity index (χ3n) is 4.84. The number of rotatable bonds is 5. The Morgan fingerprint density at radius 2 is 1.58 bits per heavy atom. The van der Waals surface area contributed by atoms with E-state index in [1.807, 2.05) is 0 Å². The van der Waals surface area contributed by atoms with E-state index in [1.54, 1.807) is 30.3 Å². The molecule has 0 spiro atoms. The van der Waals surface area contributed by atoms with Crippen LogP contribution in [0.1, 0.15) is 0 Å². The van der Waals surface area contributed by atoms with Gasteiger partial charge in [0.1, 0.15) is 23.0 Å². The summed E-state index contributed by atoms with van der Waals surface area (Å²) in [5.41, 5.74) is 1.68. The summed E-state index contributed by atoms with van der Waals surface area (Å²) < 4.78 is 25.7. The second-order valence-electron chi connectivity index (χ2n) is 6.74. The van der Waals surface area contributed by atoms with Crippen LogP contribution >= 0.6 is 46.4 Å². The monoisotopic (exact) mass is 523 g/mol. The Labute approximate surface area is 209 Å². The Morgan fingerprint density at radius 3 is 2.24 bits per heavy atom. The highest BCUT2D eigenvalue weighted by Gasteiger charge is 2.27. The first-order chi connectivity index (χ1) is 15.8. The summed E-state index contributed by atoms with van der Waals surface area (Å²) in [5.74, 6) is 0.266. The van der Waals surface area contributed by atoms with Crippen molar-refractivity contribution in [2.75, 3.05) is 14.2 Å². The van der Waals surface area contributed by atoms with Gasteiger partial charge < -0.3 is 9.47 Å². The molecule has 0 saturated heterocycles. The molecule has 4 rings (SSSR count). The van der Waals surface area contributed by atoms with Crippen LogP contribution in [0.15, 0.2) is 48.7 Å². The third-order valence-corrected chi connectivity index (χ3v) is 5.99. The van der Waals surface area contributed by atoms with Gasteiger partial charge in [-0.25, -0.2) is 4.39 Å². The van der Waals surface area contributed by atoms with Crippen molar-refractivity contribution in [3.05, 3.63) is 74.7 Å². The number of hydrogen-bond donors (Lipinski definition) is 0. The zero-order chi connectivity index (χ0) is 23.7. The van der Waals surface area contributed by atoms with E-state index in [1.165, 1.54) is 32.5 Å². The Hall–Kier alpha value is -2.64. The van der Waals surface area contributed by atoms with Crippen LogP contribution in [0.25, 0.3) is 33.6 Å². The first-order valence-electron chi connectivity index (χ1n) is 9.40. The molecule has 0 fully saturated rings. The van der Waals surface area contributed by atoms with Crippen molar-refractivity contribution >= 4 is 46.4 Å². The number of methoxy groups -OCH3 is 2. The van der Waals surface area contributed by atoms with Crippen molar-refractivity contribution in [3.63, 3.8) is 0 Å². The van der Waals surface area contributed by atoms with E-state index < -0.39 is 5.82 Å². The fourth-order valence-corrected chi connectivity index (χ4v) is 4.33. The van der Waals surface area contributed by atoms with Gasteiger partial charge in [0.25, 0.3) is 0 Å². The molecule has 2 heterocycles. The molecule has 0 bridgehead atoms. The molecule has 0 atom stereocenters. The van der Waals surface area contributed by atoms with E-state index in [0.29, 0.717) is 33.2 Å². The standard InChI is InChI=1S/C23H14Cl4FN3O2/c1-32-12-8-14(20(26)17(9-12)33-2)18-19(22-15(25)7-11(24)10-29-22)23(27)31-30-21(18)13-5-3-4-6-16(13)28/h3-10H,1-2H3. The van der Waals surface area contributed by atoms with Crippen LogP contribution < -0.4 is 9.47 Å². The highest BCUT2D eigenvalue weighted by molar-refractivity contribution is 6.39. The maximum Gasteiger partial charge on any atom is 0.161 e. The SMILES string of the molecule is COc1cc(OC)c(Cl)c(-c2c(-c3ccccc3F)nnc(Cl)c2-c2ncc(Cl)cc2Cl)c1. The number of pyridine rings is 1. The molecule has 0 aliphatic carbocycles. The lowest BCUT2D eigenvalue weighted by Crippen LogP contribution is -2.02. The molecule has 168 valence electrons. The molecule has 10 heteroatoms. The molecule has 2 aromatic heterocycles. The van der Waals surface area contributed by atoms with Crippen LogP contribution in [0.3, 0.4) is 0 Å². The number of ether oxygens (including phenoxy) is 2. The number of hydrogen-bond acceptors (Lipinski definition) is 5. The number of nitrogens with zero attached hydrogens (tertiary/aromatic N) is 3. The number of aromatic nitrogens is 3. The van der Waals surface area contributed by atoms with E-state index in [0.717, 1.165) is 0 Å². The van der Waals surface area contributed by atoms with Crippen LogP contribution in [-0.4, -0.2) is 29.4 Å². The van der Waals surface area contributed by atoms with Crippen LogP contribution in [0, 0.1) is 5.82 Å². The Bertz CT molecular complexity index is 1370. The molecule has 0 amide bonds. The lowest BCUT2D eigenvalue weighted by atomic mass is 9.93. The molecule has 0 aliphatic rings. The van der Waals surface area contributed by atoms with Gasteiger partial charge in [0.05, 0.1) is 40.5 Å². The average Bonchev–Trinajstić information content (AvgIpc) is 2.80. The first kappa shape index (κ1) is 23.5. The van der Waals surface area contributed by atoms with Crippen LogP contribution in [0.5, 0.6) is 11.5 Å². The van der Waals surface area contributed by atoms with E-state index in [4.69, 9.17) is 55.9 Å². The molecule has 2 aromatic carbocycles. The van der Waals surface area contributed by atoms with Crippen LogP contribution in [-0.2, 0) is 0 Å². The lowest BCUT2D eigenvalue weighted by molar-refractivity contribution is 0.395. The van der Waals surface area contributed by atoms with E-state index in [9.17, 15) is 4.39 Å². The molecule has 0 unspecified atom stereocenters. The summed E-state index contributed by atoms with van der Waals surface area (Å²) in [5, 5.41) is 9.02. The molecule has 0 N–H and O–H groups in total. The average molecular weight is 525 g/mol. The summed E-state index contributed by atoms with van der Waals surface area (Å²) in [6.07, 6.45) is 1.42. The normalized spacial score (nSPS) is 10.9. The number of halogens is 5. The fraction of sp³-hybridized carbons (Fsp3) is 0.0870. The zero-order valence-electron chi connectivity index (χ0n) is 17.2. The molecule has 0 aliphatic heterocycles. The molecule has 33 heavy (non-hydrogen) atoms. The van der Waals surface area contributed by atoms with Gasteiger partial charge in [0.2, 0.25) is 0 Å². The highest BCUT2D eigenvalue weighted by atomic mass is 35.5. The van der Waals surface area contributed by atoms with Gasteiger partial charge in [0.15, 0.2) is 5.15 Å². The third kappa shape index (κ3) is 4.44. The summed E-state index contributed by atoms with van der Waals surface area (Å²) >= 11 is 25.7. The Morgan fingerprint density at radius 1 is 0.818 bits per heavy atom. The second kappa shape index (κ2) is 9.69. The predicted octanol–water partition coefficient (Wildman–Crippen LogP) is 7.64. The minimum atomic E-state index is -0.512. The van der Waals surface area contributed by atoms with Gasteiger partial charge >= 0.3 is 0 Å². The van der Waals surface area contributed by atoms with Gasteiger partial charge in [-0.1, -0.05) is 58.5 Å². The predicted molar refractivity (Wildman–Crippen MR) is 129 cm³/mol. The maximum atomic E-state index is 14.9. The van der Waals surface area contributed by atoms with Gasteiger partial charge in [-0.05, 0) is 24.3 Å². The summed E-state index contributed by atoms with van der Waals surface area (Å²) in [6.45, 7) is 0. The molecule has 0 saturated carbocycles. The smallest absolute Gasteiger partial charge is 0.161 e. The van der Waals surface area contributed by atoms with Crippen molar-refractivity contribution in [2.45, 2.75) is 0 Å². The zero-order valence-corrected chi connectivity index (χ0v) is 20.2. The molecule has 4 aromatic rings. The van der Waals surface area contributed by atoms with Gasteiger partial charge in [0, 0.05) is 29.0 Å². The minimum Gasteiger partial charge on any atom is -0.497 e. The number of benzene rings is 2. The molecular formula is C23H14Cl4FN3O2. The molecular weight excluding hydrogens is 511 g/mol. The largest absolute Gasteiger partial charge is 0.497 e. The maximum absolute atomic E-state index is 14.9. The quantitative estimate of drug-likeness (QED) is 0.268. The van der Waals surface area contributed by atoms with E-state index in [-0.39, 0.29) is 32.1 Å². The summed E-state index contributed by atoms with van der Waals surface area (Å²) in [6, 6.07) is 10.9. The van der Waals surface area contributed by atoms with Gasteiger partial charge in [-0.3, -0.25) is 4.98 Å².